The van der Waals surface area contributed by atoms with E-state index in [4.69, 9.17) is 0 Å². The van der Waals surface area contributed by atoms with Crippen molar-refractivity contribution in [2.75, 3.05) is 6.54 Å². The number of halogens is 1. The largest absolute Gasteiger partial charge is 0.293 e. The minimum atomic E-state index is 0.910. The molecule has 0 aliphatic heterocycles. The molecule has 0 unspecified atom stereocenters. The predicted octanol–water partition coefficient (Wildman–Crippen LogP) is 4.24. The van der Waals surface area contributed by atoms with Crippen LogP contribution in [0.1, 0.15) is 23.2 Å². The Morgan fingerprint density at radius 1 is 1.33 bits per heavy atom. The van der Waals surface area contributed by atoms with Gasteiger partial charge in [-0.3, -0.25) is 9.88 Å². The number of aromatic nitrogens is 1. The van der Waals surface area contributed by atoms with Gasteiger partial charge in [0.05, 0.1) is 5.69 Å². The summed E-state index contributed by atoms with van der Waals surface area (Å²) < 4.78 is 1.17. The SMILES string of the molecule is CCN(Cc1cccc(C)n1)Cc1cc(Br)cs1. The van der Waals surface area contributed by atoms with E-state index in [0.29, 0.717) is 0 Å². The fraction of sp³-hybridized carbons (Fsp3) is 0.357. The first-order chi connectivity index (χ1) is 8.67. The van der Waals surface area contributed by atoms with Crippen molar-refractivity contribution in [2.45, 2.75) is 26.9 Å². The van der Waals surface area contributed by atoms with Crippen LogP contribution in [-0.4, -0.2) is 16.4 Å². The number of aryl methyl sites for hydroxylation is 1. The Balaban J connectivity index is 2.01. The molecule has 18 heavy (non-hydrogen) atoms. The lowest BCUT2D eigenvalue weighted by Crippen LogP contribution is -2.22. The molecule has 0 saturated heterocycles. The van der Waals surface area contributed by atoms with Crippen LogP contribution in [0.2, 0.25) is 0 Å². The number of nitrogens with zero attached hydrogens (tertiary/aromatic N) is 2. The average molecular weight is 325 g/mol. The molecule has 0 radical (unpaired) electrons. The third kappa shape index (κ3) is 3.90. The quantitative estimate of drug-likeness (QED) is 0.817. The van der Waals surface area contributed by atoms with Crippen molar-refractivity contribution >= 4 is 27.3 Å². The molecule has 0 aliphatic rings. The second-order valence-corrected chi connectivity index (χ2v) is 6.22. The lowest BCUT2D eigenvalue weighted by molar-refractivity contribution is 0.270. The molecule has 2 aromatic heterocycles. The van der Waals surface area contributed by atoms with Crippen molar-refractivity contribution in [3.63, 3.8) is 0 Å². The van der Waals surface area contributed by atoms with Crippen molar-refractivity contribution in [2.24, 2.45) is 0 Å². The highest BCUT2D eigenvalue weighted by Crippen LogP contribution is 2.21. The van der Waals surface area contributed by atoms with Crippen molar-refractivity contribution in [3.05, 3.63) is 50.4 Å². The summed E-state index contributed by atoms with van der Waals surface area (Å²) in [6.07, 6.45) is 0. The lowest BCUT2D eigenvalue weighted by atomic mass is 10.3. The van der Waals surface area contributed by atoms with Gasteiger partial charge in [0.25, 0.3) is 0 Å². The van der Waals surface area contributed by atoms with Crippen LogP contribution < -0.4 is 0 Å². The monoisotopic (exact) mass is 324 g/mol. The van der Waals surface area contributed by atoms with Gasteiger partial charge in [0.2, 0.25) is 0 Å². The van der Waals surface area contributed by atoms with Gasteiger partial charge < -0.3 is 0 Å². The number of rotatable bonds is 5. The van der Waals surface area contributed by atoms with Gasteiger partial charge in [0, 0.05) is 33.5 Å². The van der Waals surface area contributed by atoms with Gasteiger partial charge in [-0.25, -0.2) is 0 Å². The Bertz CT molecular complexity index is 510. The Morgan fingerprint density at radius 3 is 2.78 bits per heavy atom. The second-order valence-electron chi connectivity index (χ2n) is 4.30. The van der Waals surface area contributed by atoms with Gasteiger partial charge in [-0.15, -0.1) is 11.3 Å². The third-order valence-corrected chi connectivity index (χ3v) is 4.46. The zero-order valence-electron chi connectivity index (χ0n) is 10.7. The molecular weight excluding hydrogens is 308 g/mol. The summed E-state index contributed by atoms with van der Waals surface area (Å²) in [6.45, 7) is 7.16. The lowest BCUT2D eigenvalue weighted by Gasteiger charge is -2.19. The standard InChI is InChI=1S/C14H17BrN2S/c1-3-17(9-14-7-12(15)10-18-14)8-13-6-4-5-11(2)16-13/h4-7,10H,3,8-9H2,1-2H3. The highest BCUT2D eigenvalue weighted by Gasteiger charge is 2.07. The Kier molecular flexibility index (Phi) is 4.92. The van der Waals surface area contributed by atoms with Crippen molar-refractivity contribution in [1.29, 1.82) is 0 Å². The number of pyridine rings is 1. The summed E-state index contributed by atoms with van der Waals surface area (Å²) >= 11 is 5.30. The van der Waals surface area contributed by atoms with E-state index in [1.807, 2.05) is 13.0 Å². The molecule has 0 bridgehead atoms. The first-order valence-corrected chi connectivity index (χ1v) is 7.72. The van der Waals surface area contributed by atoms with Crippen molar-refractivity contribution in [1.82, 2.24) is 9.88 Å². The third-order valence-electron chi connectivity index (χ3n) is 2.78. The number of thiophene rings is 1. The molecule has 0 spiro atoms. The van der Waals surface area contributed by atoms with Gasteiger partial charge in [0.15, 0.2) is 0 Å². The van der Waals surface area contributed by atoms with E-state index in [1.165, 1.54) is 9.35 Å². The summed E-state index contributed by atoms with van der Waals surface area (Å²) in [5, 5.41) is 2.13. The Morgan fingerprint density at radius 2 is 2.17 bits per heavy atom. The maximum Gasteiger partial charge on any atom is 0.0547 e. The fourth-order valence-electron chi connectivity index (χ4n) is 1.85. The molecule has 2 heterocycles. The van der Waals surface area contributed by atoms with Crippen molar-refractivity contribution in [3.8, 4) is 0 Å². The zero-order chi connectivity index (χ0) is 13.0. The Hall–Kier alpha value is -0.710. The molecule has 4 heteroatoms. The van der Waals surface area contributed by atoms with E-state index in [9.17, 15) is 0 Å². The maximum absolute atomic E-state index is 4.56. The molecule has 0 N–H and O–H groups in total. The van der Waals surface area contributed by atoms with Gasteiger partial charge >= 0.3 is 0 Å². The van der Waals surface area contributed by atoms with Gasteiger partial charge in [-0.1, -0.05) is 13.0 Å². The summed E-state index contributed by atoms with van der Waals surface area (Å²) in [6, 6.07) is 8.40. The molecule has 2 aromatic rings. The van der Waals surface area contributed by atoms with E-state index >= 15 is 0 Å². The van der Waals surface area contributed by atoms with Gasteiger partial charge in [0.1, 0.15) is 0 Å². The number of hydrogen-bond donors (Lipinski definition) is 0. The van der Waals surface area contributed by atoms with Crippen LogP contribution in [0, 0.1) is 6.92 Å². The molecule has 2 nitrogen and oxygen atoms in total. The molecule has 0 amide bonds. The fourth-order valence-corrected chi connectivity index (χ4v) is 3.35. The molecule has 0 atom stereocenters. The highest BCUT2D eigenvalue weighted by atomic mass is 79.9. The molecule has 0 fully saturated rings. The van der Waals surface area contributed by atoms with Crippen LogP contribution in [0.5, 0.6) is 0 Å². The van der Waals surface area contributed by atoms with E-state index < -0.39 is 0 Å². The van der Waals surface area contributed by atoms with Gasteiger partial charge in [-0.2, -0.15) is 0 Å². The zero-order valence-corrected chi connectivity index (χ0v) is 13.1. The van der Waals surface area contributed by atoms with Crippen LogP contribution in [0.4, 0.5) is 0 Å². The molecular formula is C14H17BrN2S. The minimum Gasteiger partial charge on any atom is -0.293 e. The molecule has 0 aromatic carbocycles. The van der Waals surface area contributed by atoms with Crippen LogP contribution in [0.25, 0.3) is 0 Å². The van der Waals surface area contributed by atoms with Gasteiger partial charge in [-0.05, 0) is 47.6 Å². The minimum absolute atomic E-state index is 0.910. The molecule has 96 valence electrons. The van der Waals surface area contributed by atoms with E-state index in [2.05, 4.69) is 56.3 Å². The molecule has 0 saturated carbocycles. The summed E-state index contributed by atoms with van der Waals surface area (Å²) in [7, 11) is 0. The second kappa shape index (κ2) is 6.45. The summed E-state index contributed by atoms with van der Waals surface area (Å²) in [5.74, 6) is 0. The normalized spacial score (nSPS) is 11.1. The Labute approximate surface area is 121 Å². The summed E-state index contributed by atoms with van der Waals surface area (Å²) in [4.78, 5) is 8.35. The van der Waals surface area contributed by atoms with Crippen LogP contribution in [0.15, 0.2) is 34.1 Å². The van der Waals surface area contributed by atoms with Crippen LogP contribution in [0.3, 0.4) is 0 Å². The van der Waals surface area contributed by atoms with Crippen LogP contribution >= 0.6 is 27.3 Å². The summed E-state index contributed by atoms with van der Waals surface area (Å²) in [5.41, 5.74) is 2.23. The molecule has 2 rings (SSSR count). The van der Waals surface area contributed by atoms with E-state index in [-0.39, 0.29) is 0 Å². The smallest absolute Gasteiger partial charge is 0.0547 e. The highest BCUT2D eigenvalue weighted by molar-refractivity contribution is 9.10. The molecule has 0 aliphatic carbocycles. The average Bonchev–Trinajstić information content (AvgIpc) is 2.74. The maximum atomic E-state index is 4.56. The first-order valence-electron chi connectivity index (χ1n) is 6.05. The van der Waals surface area contributed by atoms with E-state index in [0.717, 1.165) is 31.0 Å². The predicted molar refractivity (Wildman–Crippen MR) is 80.8 cm³/mol. The topological polar surface area (TPSA) is 16.1 Å². The van der Waals surface area contributed by atoms with Crippen molar-refractivity contribution < 1.29 is 0 Å². The first kappa shape index (κ1) is 13.7. The number of hydrogen-bond acceptors (Lipinski definition) is 3. The van der Waals surface area contributed by atoms with Crippen LogP contribution in [-0.2, 0) is 13.1 Å². The van der Waals surface area contributed by atoms with E-state index in [1.54, 1.807) is 11.3 Å².